The fourth-order valence-electron chi connectivity index (χ4n) is 3.39. The first-order valence-electron chi connectivity index (χ1n) is 8.47. The van der Waals surface area contributed by atoms with Crippen LogP contribution in [0.25, 0.3) is 0 Å². The van der Waals surface area contributed by atoms with E-state index in [1.165, 1.54) is 16.7 Å². The summed E-state index contributed by atoms with van der Waals surface area (Å²) in [4.78, 5) is 0. The number of benzene rings is 2. The average molecular weight is 347 g/mol. The van der Waals surface area contributed by atoms with Crippen molar-refractivity contribution in [2.75, 3.05) is 20.2 Å². The maximum absolute atomic E-state index is 6.46. The molecule has 2 unspecified atom stereocenters. The van der Waals surface area contributed by atoms with Crippen LogP contribution in [0.4, 0.5) is 0 Å². The molecule has 4 heteroatoms. The Hall–Kier alpha value is -1.55. The van der Waals surface area contributed by atoms with Gasteiger partial charge in [0.05, 0.1) is 0 Å². The first-order valence-corrected chi connectivity index (χ1v) is 8.47. The van der Waals surface area contributed by atoms with Crippen LogP contribution in [-0.2, 0) is 12.8 Å². The highest BCUT2D eigenvalue weighted by Gasteiger charge is 2.27. The number of ether oxygens (including phenoxy) is 1. The average Bonchev–Trinajstić information content (AvgIpc) is 2.59. The van der Waals surface area contributed by atoms with E-state index in [2.05, 4.69) is 53.8 Å². The minimum Gasteiger partial charge on any atom is -0.492 e. The van der Waals surface area contributed by atoms with E-state index < -0.39 is 0 Å². The smallest absolute Gasteiger partial charge is 0.119 e. The predicted molar refractivity (Wildman–Crippen MR) is 102 cm³/mol. The Kier molecular flexibility index (Phi) is 7.10. The molecule has 0 fully saturated rings. The zero-order valence-corrected chi connectivity index (χ0v) is 15.0. The summed E-state index contributed by atoms with van der Waals surface area (Å²) in [5.41, 5.74) is 10.6. The van der Waals surface area contributed by atoms with Gasteiger partial charge in [0.25, 0.3) is 0 Å². The molecule has 0 bridgehead atoms. The van der Waals surface area contributed by atoms with Gasteiger partial charge in [0.15, 0.2) is 0 Å². The molecule has 0 aromatic heterocycles. The second-order valence-electron chi connectivity index (χ2n) is 6.31. The van der Waals surface area contributed by atoms with Crippen molar-refractivity contribution in [1.82, 2.24) is 5.32 Å². The summed E-state index contributed by atoms with van der Waals surface area (Å²) in [5.74, 6) is 1.32. The van der Waals surface area contributed by atoms with Crippen molar-refractivity contribution < 1.29 is 4.74 Å². The lowest BCUT2D eigenvalue weighted by molar-refractivity contribution is 0.317. The summed E-state index contributed by atoms with van der Waals surface area (Å²) >= 11 is 0. The highest BCUT2D eigenvalue weighted by atomic mass is 35.5. The molecule has 2 atom stereocenters. The Balaban J connectivity index is 0.00000208. The lowest BCUT2D eigenvalue weighted by atomic mass is 9.76. The van der Waals surface area contributed by atoms with Gasteiger partial charge in [-0.15, -0.1) is 12.4 Å². The lowest BCUT2D eigenvalue weighted by Gasteiger charge is -2.32. The van der Waals surface area contributed by atoms with Gasteiger partial charge in [-0.25, -0.2) is 0 Å². The van der Waals surface area contributed by atoms with E-state index in [0.29, 0.717) is 12.5 Å². The van der Waals surface area contributed by atoms with Gasteiger partial charge >= 0.3 is 0 Å². The van der Waals surface area contributed by atoms with Crippen molar-refractivity contribution in [2.24, 2.45) is 5.73 Å². The first-order chi connectivity index (χ1) is 11.3. The van der Waals surface area contributed by atoms with Gasteiger partial charge in [-0.3, -0.25) is 0 Å². The fourth-order valence-corrected chi connectivity index (χ4v) is 3.39. The number of aryl methyl sites for hydroxylation is 1. The van der Waals surface area contributed by atoms with Crippen molar-refractivity contribution in [3.05, 3.63) is 65.2 Å². The number of likely N-dealkylation sites (N-methyl/N-ethyl adjacent to an activating group) is 1. The molecule has 1 aliphatic rings. The standard InChI is InChI=1S/C20H26N2O.ClH/c1-22-11-12-23-17-9-7-16-8-10-20(21)19(18(16)14-17)13-15-5-3-2-4-6-15;/h2-7,9,14,19-20,22H,8,10-13,21H2,1H3;1H. The van der Waals surface area contributed by atoms with Crippen LogP contribution in [0.1, 0.15) is 29.0 Å². The van der Waals surface area contributed by atoms with Gasteiger partial charge in [0.1, 0.15) is 12.4 Å². The molecule has 0 spiro atoms. The number of nitrogens with one attached hydrogen (secondary N) is 1. The monoisotopic (exact) mass is 346 g/mol. The molecule has 2 aromatic carbocycles. The van der Waals surface area contributed by atoms with Crippen LogP contribution < -0.4 is 15.8 Å². The molecule has 24 heavy (non-hydrogen) atoms. The van der Waals surface area contributed by atoms with E-state index >= 15 is 0 Å². The number of hydrogen-bond acceptors (Lipinski definition) is 3. The molecule has 3 nitrogen and oxygen atoms in total. The summed E-state index contributed by atoms with van der Waals surface area (Å²) in [6.07, 6.45) is 3.12. The molecule has 0 aliphatic heterocycles. The van der Waals surface area contributed by atoms with E-state index in [1.807, 2.05) is 7.05 Å². The van der Waals surface area contributed by atoms with Crippen molar-refractivity contribution in [2.45, 2.75) is 31.2 Å². The van der Waals surface area contributed by atoms with Gasteiger partial charge in [-0.05, 0) is 55.1 Å². The molecule has 3 N–H and O–H groups in total. The van der Waals surface area contributed by atoms with E-state index in [4.69, 9.17) is 10.5 Å². The summed E-state index contributed by atoms with van der Waals surface area (Å²) in [7, 11) is 1.94. The summed E-state index contributed by atoms with van der Waals surface area (Å²) < 4.78 is 5.84. The molecule has 0 heterocycles. The number of rotatable bonds is 6. The van der Waals surface area contributed by atoms with E-state index in [0.717, 1.165) is 31.6 Å². The second kappa shape index (κ2) is 9.07. The number of hydrogen-bond donors (Lipinski definition) is 2. The summed E-state index contributed by atoms with van der Waals surface area (Å²) in [6.45, 7) is 1.54. The minimum atomic E-state index is 0. The zero-order chi connectivity index (χ0) is 16.1. The quantitative estimate of drug-likeness (QED) is 0.789. The molecular weight excluding hydrogens is 320 g/mol. The van der Waals surface area contributed by atoms with Crippen molar-refractivity contribution in [1.29, 1.82) is 0 Å². The number of fused-ring (bicyclic) bond motifs is 1. The molecular formula is C20H27ClN2O. The van der Waals surface area contributed by atoms with Gasteiger partial charge in [0.2, 0.25) is 0 Å². The van der Waals surface area contributed by atoms with Gasteiger partial charge in [0, 0.05) is 18.5 Å². The number of nitrogens with two attached hydrogens (primary N) is 1. The molecule has 130 valence electrons. The third-order valence-electron chi connectivity index (χ3n) is 4.70. The Bertz CT molecular complexity index is 633. The maximum Gasteiger partial charge on any atom is 0.119 e. The largest absolute Gasteiger partial charge is 0.492 e. The Morgan fingerprint density at radius 1 is 1.17 bits per heavy atom. The van der Waals surface area contributed by atoms with E-state index in [-0.39, 0.29) is 18.4 Å². The fraction of sp³-hybridized carbons (Fsp3) is 0.400. The maximum atomic E-state index is 6.46. The van der Waals surface area contributed by atoms with Crippen molar-refractivity contribution >= 4 is 12.4 Å². The van der Waals surface area contributed by atoms with Crippen molar-refractivity contribution in [3.8, 4) is 5.75 Å². The molecule has 1 aliphatic carbocycles. The van der Waals surface area contributed by atoms with Crippen LogP contribution in [0.15, 0.2) is 48.5 Å². The molecule has 0 saturated carbocycles. The lowest BCUT2D eigenvalue weighted by Crippen LogP contribution is -2.34. The Morgan fingerprint density at radius 3 is 2.71 bits per heavy atom. The molecule has 3 rings (SSSR count). The molecule has 0 saturated heterocycles. The minimum absolute atomic E-state index is 0. The normalized spacial score (nSPS) is 19.2. The summed E-state index contributed by atoms with van der Waals surface area (Å²) in [5, 5.41) is 3.10. The Morgan fingerprint density at radius 2 is 1.96 bits per heavy atom. The zero-order valence-electron chi connectivity index (χ0n) is 14.2. The molecule has 0 radical (unpaired) electrons. The van der Waals surface area contributed by atoms with Crippen LogP contribution in [0, 0.1) is 0 Å². The molecule has 2 aromatic rings. The van der Waals surface area contributed by atoms with Crippen LogP contribution in [0.5, 0.6) is 5.75 Å². The third-order valence-corrected chi connectivity index (χ3v) is 4.70. The highest BCUT2D eigenvalue weighted by Crippen LogP contribution is 2.35. The van der Waals surface area contributed by atoms with Crippen LogP contribution in [-0.4, -0.2) is 26.2 Å². The Labute approximate surface area is 151 Å². The molecule has 0 amide bonds. The first kappa shape index (κ1) is 18.8. The third kappa shape index (κ3) is 4.50. The van der Waals surface area contributed by atoms with E-state index in [9.17, 15) is 0 Å². The van der Waals surface area contributed by atoms with E-state index in [1.54, 1.807) is 0 Å². The van der Waals surface area contributed by atoms with Crippen LogP contribution in [0.3, 0.4) is 0 Å². The van der Waals surface area contributed by atoms with Gasteiger partial charge in [-0.2, -0.15) is 0 Å². The van der Waals surface area contributed by atoms with Crippen LogP contribution in [0.2, 0.25) is 0 Å². The SMILES string of the molecule is CNCCOc1ccc2c(c1)C(Cc1ccccc1)C(N)CC2.Cl. The number of halogens is 1. The van der Waals surface area contributed by atoms with Gasteiger partial charge < -0.3 is 15.8 Å². The van der Waals surface area contributed by atoms with Crippen molar-refractivity contribution in [3.63, 3.8) is 0 Å². The second-order valence-corrected chi connectivity index (χ2v) is 6.31. The predicted octanol–water partition coefficient (Wildman–Crippen LogP) is 3.31. The van der Waals surface area contributed by atoms with Gasteiger partial charge in [-0.1, -0.05) is 36.4 Å². The highest BCUT2D eigenvalue weighted by molar-refractivity contribution is 5.85. The topological polar surface area (TPSA) is 47.3 Å². The van der Waals surface area contributed by atoms with Crippen LogP contribution >= 0.6 is 12.4 Å². The summed E-state index contributed by atoms with van der Waals surface area (Å²) in [6, 6.07) is 17.4.